The molecule has 0 aliphatic heterocycles. The number of fused-ring (bicyclic) bond motifs is 1. The fourth-order valence-electron chi connectivity index (χ4n) is 2.08. The summed E-state index contributed by atoms with van der Waals surface area (Å²) >= 11 is 0. The van der Waals surface area contributed by atoms with E-state index < -0.39 is 0 Å². The molecule has 2 aromatic heterocycles. The summed E-state index contributed by atoms with van der Waals surface area (Å²) in [4.78, 5) is 4.50. The molecule has 0 saturated heterocycles. The summed E-state index contributed by atoms with van der Waals surface area (Å²) in [6, 6.07) is 6.03. The molecule has 1 saturated carbocycles. The van der Waals surface area contributed by atoms with E-state index >= 15 is 0 Å². The molecule has 0 amide bonds. The highest BCUT2D eigenvalue weighted by Crippen LogP contribution is 2.43. The Morgan fingerprint density at radius 3 is 2.93 bits per heavy atom. The van der Waals surface area contributed by atoms with Crippen LogP contribution in [0, 0.1) is 6.92 Å². The van der Waals surface area contributed by atoms with E-state index in [9.17, 15) is 0 Å². The highest BCUT2D eigenvalue weighted by Gasteiger charge is 2.43. The van der Waals surface area contributed by atoms with Gasteiger partial charge in [0, 0.05) is 6.20 Å². The average Bonchev–Trinajstić information content (AvgIpc) is 2.79. The monoisotopic (exact) mass is 187 g/mol. The van der Waals surface area contributed by atoms with Crippen molar-refractivity contribution >= 4 is 5.65 Å². The van der Waals surface area contributed by atoms with Crippen molar-refractivity contribution in [1.29, 1.82) is 0 Å². The Morgan fingerprint density at radius 2 is 2.21 bits per heavy atom. The SMILES string of the molecule is Cc1nc2ccccn2c1C1(N)CC1. The Morgan fingerprint density at radius 1 is 1.43 bits per heavy atom. The van der Waals surface area contributed by atoms with Crippen LogP contribution in [-0.4, -0.2) is 9.38 Å². The number of nitrogens with two attached hydrogens (primary N) is 1. The minimum atomic E-state index is -0.106. The molecule has 0 spiro atoms. The predicted molar refractivity (Wildman–Crippen MR) is 55.0 cm³/mol. The quantitative estimate of drug-likeness (QED) is 0.736. The van der Waals surface area contributed by atoms with Crippen molar-refractivity contribution in [3.63, 3.8) is 0 Å². The van der Waals surface area contributed by atoms with Gasteiger partial charge in [0.05, 0.1) is 16.9 Å². The lowest BCUT2D eigenvalue weighted by molar-refractivity contribution is 0.691. The van der Waals surface area contributed by atoms with Gasteiger partial charge in [-0.1, -0.05) is 6.07 Å². The molecule has 0 radical (unpaired) electrons. The van der Waals surface area contributed by atoms with Crippen molar-refractivity contribution in [2.24, 2.45) is 5.73 Å². The summed E-state index contributed by atoms with van der Waals surface area (Å²) in [5.41, 5.74) is 9.36. The first-order valence-electron chi connectivity index (χ1n) is 4.94. The van der Waals surface area contributed by atoms with Crippen molar-refractivity contribution < 1.29 is 0 Å². The fourth-order valence-corrected chi connectivity index (χ4v) is 2.08. The third kappa shape index (κ3) is 0.930. The maximum Gasteiger partial charge on any atom is 0.137 e. The average molecular weight is 187 g/mol. The van der Waals surface area contributed by atoms with E-state index in [1.54, 1.807) is 0 Å². The molecule has 1 fully saturated rings. The molecule has 0 aromatic carbocycles. The minimum absolute atomic E-state index is 0.106. The van der Waals surface area contributed by atoms with Gasteiger partial charge in [-0.15, -0.1) is 0 Å². The second kappa shape index (κ2) is 2.36. The van der Waals surface area contributed by atoms with Gasteiger partial charge < -0.3 is 10.1 Å². The first kappa shape index (κ1) is 8.00. The molecular weight excluding hydrogens is 174 g/mol. The van der Waals surface area contributed by atoms with Gasteiger partial charge in [-0.2, -0.15) is 0 Å². The van der Waals surface area contributed by atoms with Gasteiger partial charge in [0.1, 0.15) is 5.65 Å². The van der Waals surface area contributed by atoms with Gasteiger partial charge in [-0.25, -0.2) is 4.98 Å². The summed E-state index contributed by atoms with van der Waals surface area (Å²) in [6.07, 6.45) is 4.20. The van der Waals surface area contributed by atoms with Crippen LogP contribution in [0.1, 0.15) is 24.2 Å². The molecule has 3 nitrogen and oxygen atoms in total. The van der Waals surface area contributed by atoms with E-state index in [0.717, 1.165) is 24.2 Å². The molecule has 14 heavy (non-hydrogen) atoms. The largest absolute Gasteiger partial charge is 0.320 e. The maximum atomic E-state index is 6.22. The number of aromatic nitrogens is 2. The second-order valence-electron chi connectivity index (χ2n) is 4.13. The van der Waals surface area contributed by atoms with E-state index in [2.05, 4.69) is 9.38 Å². The number of rotatable bonds is 1. The molecular formula is C11H13N3. The summed E-state index contributed by atoms with van der Waals surface area (Å²) in [6.45, 7) is 2.04. The van der Waals surface area contributed by atoms with E-state index in [4.69, 9.17) is 5.73 Å². The number of hydrogen-bond acceptors (Lipinski definition) is 2. The summed E-state index contributed by atoms with van der Waals surface area (Å²) in [5, 5.41) is 0. The molecule has 0 atom stereocenters. The zero-order valence-corrected chi connectivity index (χ0v) is 8.20. The summed E-state index contributed by atoms with van der Waals surface area (Å²) in [7, 11) is 0. The van der Waals surface area contributed by atoms with Crippen LogP contribution in [0.5, 0.6) is 0 Å². The van der Waals surface area contributed by atoms with Crippen molar-refractivity contribution in [2.45, 2.75) is 25.3 Å². The first-order valence-corrected chi connectivity index (χ1v) is 4.94. The van der Waals surface area contributed by atoms with E-state index in [-0.39, 0.29) is 5.54 Å². The molecule has 2 heterocycles. The zero-order chi connectivity index (χ0) is 9.76. The lowest BCUT2D eigenvalue weighted by Gasteiger charge is -2.09. The van der Waals surface area contributed by atoms with Gasteiger partial charge in [0.2, 0.25) is 0 Å². The van der Waals surface area contributed by atoms with E-state index in [1.807, 2.05) is 31.3 Å². The second-order valence-corrected chi connectivity index (χ2v) is 4.13. The van der Waals surface area contributed by atoms with Gasteiger partial charge in [0.25, 0.3) is 0 Å². The highest BCUT2D eigenvalue weighted by molar-refractivity contribution is 5.46. The molecule has 72 valence electrons. The molecule has 1 aliphatic carbocycles. The van der Waals surface area contributed by atoms with Crippen LogP contribution in [0.15, 0.2) is 24.4 Å². The fraction of sp³-hybridized carbons (Fsp3) is 0.364. The third-order valence-electron chi connectivity index (χ3n) is 2.96. The molecule has 0 unspecified atom stereocenters. The number of hydrogen-bond donors (Lipinski definition) is 1. The van der Waals surface area contributed by atoms with Crippen LogP contribution in [-0.2, 0) is 5.54 Å². The van der Waals surface area contributed by atoms with Crippen molar-refractivity contribution in [1.82, 2.24) is 9.38 Å². The molecule has 0 bridgehead atoms. The Balaban J connectivity index is 2.36. The normalized spacial score (nSPS) is 18.7. The maximum absolute atomic E-state index is 6.22. The molecule has 2 N–H and O–H groups in total. The van der Waals surface area contributed by atoms with Crippen LogP contribution in [0.2, 0.25) is 0 Å². The minimum Gasteiger partial charge on any atom is -0.320 e. The van der Waals surface area contributed by atoms with Crippen LogP contribution in [0.3, 0.4) is 0 Å². The van der Waals surface area contributed by atoms with Crippen molar-refractivity contribution in [3.8, 4) is 0 Å². The molecule has 1 aliphatic rings. The Labute approximate surface area is 82.6 Å². The Kier molecular flexibility index (Phi) is 1.35. The van der Waals surface area contributed by atoms with Crippen LogP contribution in [0.25, 0.3) is 5.65 Å². The van der Waals surface area contributed by atoms with E-state index in [0.29, 0.717) is 0 Å². The molecule has 3 heteroatoms. The summed E-state index contributed by atoms with van der Waals surface area (Å²) < 4.78 is 2.11. The van der Waals surface area contributed by atoms with Gasteiger partial charge in [-0.05, 0) is 31.9 Å². The standard InChI is InChI=1S/C11H13N3/c1-8-10(11(12)5-6-11)14-7-3-2-4-9(14)13-8/h2-4,7H,5-6,12H2,1H3. The topological polar surface area (TPSA) is 43.3 Å². The van der Waals surface area contributed by atoms with Gasteiger partial charge in [-0.3, -0.25) is 0 Å². The lowest BCUT2D eigenvalue weighted by atomic mass is 10.1. The predicted octanol–water partition coefficient (Wildman–Crippen LogP) is 1.59. The van der Waals surface area contributed by atoms with Crippen LogP contribution in [0.4, 0.5) is 0 Å². The molecule has 2 aromatic rings. The highest BCUT2D eigenvalue weighted by atomic mass is 15.1. The number of pyridine rings is 1. The Hall–Kier alpha value is -1.35. The van der Waals surface area contributed by atoms with Crippen molar-refractivity contribution in [2.75, 3.05) is 0 Å². The van der Waals surface area contributed by atoms with E-state index in [1.165, 1.54) is 5.69 Å². The number of imidazole rings is 1. The van der Waals surface area contributed by atoms with Crippen molar-refractivity contribution in [3.05, 3.63) is 35.8 Å². The van der Waals surface area contributed by atoms with Crippen LogP contribution < -0.4 is 5.73 Å². The number of aryl methyl sites for hydroxylation is 1. The first-order chi connectivity index (χ1) is 6.71. The smallest absolute Gasteiger partial charge is 0.137 e. The molecule has 3 rings (SSSR count). The summed E-state index contributed by atoms with van der Waals surface area (Å²) in [5.74, 6) is 0. The zero-order valence-electron chi connectivity index (χ0n) is 8.20. The number of nitrogens with zero attached hydrogens (tertiary/aromatic N) is 2. The van der Waals surface area contributed by atoms with Gasteiger partial charge >= 0.3 is 0 Å². The Bertz CT molecular complexity index is 494. The lowest BCUT2D eigenvalue weighted by Crippen LogP contribution is -2.21. The third-order valence-corrected chi connectivity index (χ3v) is 2.96. The van der Waals surface area contributed by atoms with Gasteiger partial charge in [0.15, 0.2) is 0 Å². The van der Waals surface area contributed by atoms with Crippen LogP contribution >= 0.6 is 0 Å².